The standard InChI is InChI=1S/C15H24N2O3/c1-4-17-14(12-9-13(18-2)11-16-10-12)15(19-3)5-7-20-8-6-15/h9-11,14,17H,4-8H2,1-3H3. The van der Waals surface area contributed by atoms with E-state index in [-0.39, 0.29) is 11.6 Å². The first-order chi connectivity index (χ1) is 9.75. The van der Waals surface area contributed by atoms with Gasteiger partial charge in [0.25, 0.3) is 0 Å². The smallest absolute Gasteiger partial charge is 0.137 e. The Bertz CT molecular complexity index is 419. The molecular weight excluding hydrogens is 256 g/mol. The van der Waals surface area contributed by atoms with Gasteiger partial charge in [-0.15, -0.1) is 0 Å². The normalized spacial score (nSPS) is 19.6. The first kappa shape index (κ1) is 15.2. The molecule has 1 aromatic heterocycles. The lowest BCUT2D eigenvalue weighted by Crippen LogP contribution is -2.49. The molecule has 0 spiro atoms. The van der Waals surface area contributed by atoms with E-state index in [1.165, 1.54) is 0 Å². The monoisotopic (exact) mass is 280 g/mol. The summed E-state index contributed by atoms with van der Waals surface area (Å²) < 4.78 is 16.7. The summed E-state index contributed by atoms with van der Waals surface area (Å²) in [6.45, 7) is 4.43. The van der Waals surface area contributed by atoms with E-state index in [9.17, 15) is 0 Å². The van der Waals surface area contributed by atoms with Crippen LogP contribution in [0.1, 0.15) is 31.4 Å². The molecule has 1 unspecified atom stereocenters. The third-order valence-electron chi connectivity index (χ3n) is 3.98. The Hall–Kier alpha value is -1.17. The lowest BCUT2D eigenvalue weighted by molar-refractivity contribution is -0.111. The SMILES string of the molecule is CCNC(c1cncc(OC)c1)C1(OC)CCOCC1. The molecule has 0 bridgehead atoms. The minimum atomic E-state index is -0.248. The Morgan fingerprint density at radius 3 is 2.70 bits per heavy atom. The van der Waals surface area contributed by atoms with Crippen molar-refractivity contribution in [3.8, 4) is 5.75 Å². The van der Waals surface area contributed by atoms with Crippen molar-refractivity contribution in [3.05, 3.63) is 24.0 Å². The van der Waals surface area contributed by atoms with E-state index >= 15 is 0 Å². The van der Waals surface area contributed by atoms with Crippen molar-refractivity contribution in [3.63, 3.8) is 0 Å². The van der Waals surface area contributed by atoms with Crippen LogP contribution in [0.25, 0.3) is 0 Å². The molecule has 0 amide bonds. The molecule has 0 aromatic carbocycles. The van der Waals surface area contributed by atoms with Crippen LogP contribution in [0.2, 0.25) is 0 Å². The number of pyridine rings is 1. The van der Waals surface area contributed by atoms with E-state index in [1.807, 2.05) is 12.3 Å². The van der Waals surface area contributed by atoms with Crippen molar-refractivity contribution in [1.29, 1.82) is 0 Å². The summed E-state index contributed by atoms with van der Waals surface area (Å²) in [5, 5.41) is 3.54. The molecule has 0 aliphatic carbocycles. The van der Waals surface area contributed by atoms with Gasteiger partial charge in [0.2, 0.25) is 0 Å². The minimum Gasteiger partial charge on any atom is -0.495 e. The molecule has 1 N–H and O–H groups in total. The number of hydrogen-bond donors (Lipinski definition) is 1. The van der Waals surface area contributed by atoms with Crippen LogP contribution in [0.15, 0.2) is 18.5 Å². The van der Waals surface area contributed by atoms with Gasteiger partial charge in [0.05, 0.1) is 24.9 Å². The Labute approximate surface area is 120 Å². The van der Waals surface area contributed by atoms with E-state index < -0.39 is 0 Å². The minimum absolute atomic E-state index is 0.0870. The zero-order valence-corrected chi connectivity index (χ0v) is 12.5. The summed E-state index contributed by atoms with van der Waals surface area (Å²) in [6, 6.07) is 2.11. The van der Waals surface area contributed by atoms with Crippen molar-refractivity contribution in [2.24, 2.45) is 0 Å². The van der Waals surface area contributed by atoms with Gasteiger partial charge in [-0.3, -0.25) is 4.98 Å². The Balaban J connectivity index is 2.32. The summed E-state index contributed by atoms with van der Waals surface area (Å²) in [5.74, 6) is 0.767. The number of hydrogen-bond acceptors (Lipinski definition) is 5. The number of aromatic nitrogens is 1. The molecule has 5 heteroatoms. The van der Waals surface area contributed by atoms with E-state index in [0.29, 0.717) is 0 Å². The highest BCUT2D eigenvalue weighted by Crippen LogP contribution is 2.37. The highest BCUT2D eigenvalue weighted by molar-refractivity contribution is 5.28. The van der Waals surface area contributed by atoms with Crippen LogP contribution in [-0.4, -0.2) is 44.6 Å². The van der Waals surface area contributed by atoms with Crippen molar-refractivity contribution < 1.29 is 14.2 Å². The molecular formula is C15H24N2O3. The van der Waals surface area contributed by atoms with Crippen LogP contribution < -0.4 is 10.1 Å². The average Bonchev–Trinajstić information content (AvgIpc) is 2.53. The highest BCUT2D eigenvalue weighted by atomic mass is 16.5. The largest absolute Gasteiger partial charge is 0.495 e. The van der Waals surface area contributed by atoms with Gasteiger partial charge in [0, 0.05) is 39.4 Å². The molecule has 1 aliphatic rings. The number of methoxy groups -OCH3 is 2. The van der Waals surface area contributed by atoms with Gasteiger partial charge in [-0.05, 0) is 18.2 Å². The van der Waals surface area contributed by atoms with Gasteiger partial charge in [-0.2, -0.15) is 0 Å². The molecule has 0 saturated carbocycles. The molecule has 20 heavy (non-hydrogen) atoms. The molecule has 1 atom stereocenters. The van der Waals surface area contributed by atoms with Gasteiger partial charge in [-0.1, -0.05) is 6.92 Å². The third-order valence-corrected chi connectivity index (χ3v) is 3.98. The fourth-order valence-corrected chi connectivity index (χ4v) is 2.84. The van der Waals surface area contributed by atoms with Gasteiger partial charge in [-0.25, -0.2) is 0 Å². The van der Waals surface area contributed by atoms with Gasteiger partial charge < -0.3 is 19.5 Å². The topological polar surface area (TPSA) is 52.6 Å². The summed E-state index contributed by atoms with van der Waals surface area (Å²) in [6.07, 6.45) is 5.35. The van der Waals surface area contributed by atoms with Crippen LogP contribution >= 0.6 is 0 Å². The average molecular weight is 280 g/mol. The first-order valence-corrected chi connectivity index (χ1v) is 7.11. The van der Waals surface area contributed by atoms with Gasteiger partial charge >= 0.3 is 0 Å². The van der Waals surface area contributed by atoms with Crippen LogP contribution in [0.5, 0.6) is 5.75 Å². The molecule has 1 aliphatic heterocycles. The summed E-state index contributed by atoms with van der Waals surface area (Å²) >= 11 is 0. The van der Waals surface area contributed by atoms with Crippen LogP contribution in [0, 0.1) is 0 Å². The van der Waals surface area contributed by atoms with E-state index in [4.69, 9.17) is 14.2 Å². The van der Waals surface area contributed by atoms with Crippen LogP contribution in [0.4, 0.5) is 0 Å². The number of rotatable bonds is 6. The van der Waals surface area contributed by atoms with Gasteiger partial charge in [0.1, 0.15) is 5.75 Å². The Morgan fingerprint density at radius 1 is 1.35 bits per heavy atom. The maximum atomic E-state index is 5.91. The Kier molecular flexibility index (Phi) is 5.34. The number of nitrogens with one attached hydrogen (secondary N) is 1. The fraction of sp³-hybridized carbons (Fsp3) is 0.667. The van der Waals surface area contributed by atoms with Crippen molar-refractivity contribution in [2.45, 2.75) is 31.4 Å². The summed E-state index contributed by atoms with van der Waals surface area (Å²) in [4.78, 5) is 4.27. The zero-order chi connectivity index (χ0) is 14.4. The molecule has 2 rings (SSSR count). The highest BCUT2D eigenvalue weighted by Gasteiger charge is 2.41. The zero-order valence-electron chi connectivity index (χ0n) is 12.5. The second-order valence-electron chi connectivity index (χ2n) is 5.03. The van der Waals surface area contributed by atoms with E-state index in [1.54, 1.807) is 20.4 Å². The molecule has 1 fully saturated rings. The Morgan fingerprint density at radius 2 is 2.10 bits per heavy atom. The second-order valence-corrected chi connectivity index (χ2v) is 5.03. The predicted octanol–water partition coefficient (Wildman–Crippen LogP) is 1.94. The summed E-state index contributed by atoms with van der Waals surface area (Å²) in [5.41, 5.74) is 0.845. The molecule has 2 heterocycles. The molecule has 0 radical (unpaired) electrons. The number of nitrogens with zero attached hydrogens (tertiary/aromatic N) is 1. The third kappa shape index (κ3) is 3.11. The van der Waals surface area contributed by atoms with Crippen molar-refractivity contribution in [2.75, 3.05) is 34.0 Å². The number of ether oxygens (including phenoxy) is 3. The van der Waals surface area contributed by atoms with E-state index in [0.717, 1.165) is 43.9 Å². The predicted molar refractivity (Wildman–Crippen MR) is 77.0 cm³/mol. The number of likely N-dealkylation sites (N-methyl/N-ethyl adjacent to an activating group) is 1. The fourth-order valence-electron chi connectivity index (χ4n) is 2.84. The quantitative estimate of drug-likeness (QED) is 0.863. The maximum Gasteiger partial charge on any atom is 0.137 e. The molecule has 5 nitrogen and oxygen atoms in total. The van der Waals surface area contributed by atoms with Gasteiger partial charge in [0.15, 0.2) is 0 Å². The first-order valence-electron chi connectivity index (χ1n) is 7.11. The molecule has 112 valence electrons. The van der Waals surface area contributed by atoms with Crippen LogP contribution in [0.3, 0.4) is 0 Å². The van der Waals surface area contributed by atoms with Crippen molar-refractivity contribution >= 4 is 0 Å². The molecule has 1 saturated heterocycles. The second kappa shape index (κ2) is 7.02. The van der Waals surface area contributed by atoms with Crippen molar-refractivity contribution in [1.82, 2.24) is 10.3 Å². The maximum absolute atomic E-state index is 5.91. The van der Waals surface area contributed by atoms with E-state index in [2.05, 4.69) is 17.2 Å². The van der Waals surface area contributed by atoms with Crippen LogP contribution in [-0.2, 0) is 9.47 Å². The lowest BCUT2D eigenvalue weighted by Gasteiger charge is -2.42. The summed E-state index contributed by atoms with van der Waals surface area (Å²) in [7, 11) is 3.44. The molecule has 1 aromatic rings. The lowest BCUT2D eigenvalue weighted by atomic mass is 9.82.